The lowest BCUT2D eigenvalue weighted by molar-refractivity contribution is 0.140. The molecule has 0 bridgehead atoms. The second kappa shape index (κ2) is 7.59. The lowest BCUT2D eigenvalue weighted by Gasteiger charge is -2.24. The van der Waals surface area contributed by atoms with Gasteiger partial charge >= 0.3 is 0 Å². The molecule has 0 saturated carbocycles. The van der Waals surface area contributed by atoms with E-state index in [1.165, 1.54) is 16.4 Å². The zero-order valence-electron chi connectivity index (χ0n) is 13.1. The average Bonchev–Trinajstić information content (AvgIpc) is 2.55. The monoisotopic (exact) mass is 334 g/mol. The Bertz CT molecular complexity index is 715. The fourth-order valence-corrected chi connectivity index (χ4v) is 3.65. The molecule has 2 rings (SSSR count). The molecule has 1 atom stereocenters. The summed E-state index contributed by atoms with van der Waals surface area (Å²) in [6, 6.07) is 15.4. The topological polar surface area (TPSA) is 83.6 Å². The first-order valence-corrected chi connectivity index (χ1v) is 8.95. The average molecular weight is 334 g/mol. The molecule has 5 nitrogen and oxygen atoms in total. The highest BCUT2D eigenvalue weighted by Crippen LogP contribution is 2.20. The van der Waals surface area contributed by atoms with Gasteiger partial charge in [0, 0.05) is 18.8 Å². The van der Waals surface area contributed by atoms with Crippen molar-refractivity contribution in [2.24, 2.45) is 0 Å². The van der Waals surface area contributed by atoms with Crippen LogP contribution in [0, 0.1) is 0 Å². The lowest BCUT2D eigenvalue weighted by atomic mass is 10.2. The van der Waals surface area contributed by atoms with Gasteiger partial charge in [0.15, 0.2) is 0 Å². The van der Waals surface area contributed by atoms with E-state index in [1.54, 1.807) is 12.1 Å². The SMILES string of the molecule is CC[C@H](O)CN(Cc1ccccc1)S(=O)(=O)c1ccc(N)cc1. The number of anilines is 1. The second-order valence-electron chi connectivity index (χ2n) is 5.41. The van der Waals surface area contributed by atoms with Crippen LogP contribution in [0.4, 0.5) is 5.69 Å². The predicted octanol–water partition coefficient (Wildman–Crippen LogP) is 2.23. The van der Waals surface area contributed by atoms with E-state index in [4.69, 9.17) is 5.73 Å². The number of nitrogens with two attached hydrogens (primary N) is 1. The van der Waals surface area contributed by atoms with Gasteiger partial charge in [0.1, 0.15) is 0 Å². The van der Waals surface area contributed by atoms with Crippen LogP contribution >= 0.6 is 0 Å². The van der Waals surface area contributed by atoms with E-state index in [1.807, 2.05) is 37.3 Å². The van der Waals surface area contributed by atoms with Crippen LogP contribution in [0.2, 0.25) is 0 Å². The van der Waals surface area contributed by atoms with Crippen LogP contribution in [0.5, 0.6) is 0 Å². The Morgan fingerprint density at radius 3 is 2.26 bits per heavy atom. The number of hydrogen-bond donors (Lipinski definition) is 2. The van der Waals surface area contributed by atoms with E-state index in [-0.39, 0.29) is 18.0 Å². The third kappa shape index (κ3) is 4.54. The molecule has 0 fully saturated rings. The van der Waals surface area contributed by atoms with Gasteiger partial charge in [-0.05, 0) is 36.2 Å². The summed E-state index contributed by atoms with van der Waals surface area (Å²) in [6.45, 7) is 2.09. The molecule has 0 aliphatic rings. The van der Waals surface area contributed by atoms with Crippen LogP contribution in [0.15, 0.2) is 59.5 Å². The van der Waals surface area contributed by atoms with Crippen LogP contribution < -0.4 is 5.73 Å². The lowest BCUT2D eigenvalue weighted by Crippen LogP contribution is -2.36. The number of nitrogens with zero attached hydrogens (tertiary/aromatic N) is 1. The van der Waals surface area contributed by atoms with E-state index < -0.39 is 16.1 Å². The first kappa shape index (κ1) is 17.5. The van der Waals surface area contributed by atoms with Gasteiger partial charge < -0.3 is 10.8 Å². The molecule has 0 unspecified atom stereocenters. The highest BCUT2D eigenvalue weighted by molar-refractivity contribution is 7.89. The molecule has 0 radical (unpaired) electrons. The van der Waals surface area contributed by atoms with Crippen LogP contribution in [-0.4, -0.2) is 30.5 Å². The van der Waals surface area contributed by atoms with Gasteiger partial charge in [0.2, 0.25) is 10.0 Å². The number of aliphatic hydroxyl groups excluding tert-OH is 1. The summed E-state index contributed by atoms with van der Waals surface area (Å²) in [6.07, 6.45) is -0.218. The molecular weight excluding hydrogens is 312 g/mol. The third-order valence-corrected chi connectivity index (χ3v) is 5.43. The predicted molar refractivity (Wildman–Crippen MR) is 91.2 cm³/mol. The maximum Gasteiger partial charge on any atom is 0.243 e. The molecule has 0 saturated heterocycles. The zero-order chi connectivity index (χ0) is 16.9. The fraction of sp³-hybridized carbons (Fsp3) is 0.294. The summed E-state index contributed by atoms with van der Waals surface area (Å²) < 4.78 is 27.1. The molecule has 2 aromatic rings. The van der Waals surface area contributed by atoms with Crippen molar-refractivity contribution in [1.82, 2.24) is 4.31 Å². The van der Waals surface area contributed by atoms with Crippen molar-refractivity contribution in [3.8, 4) is 0 Å². The van der Waals surface area contributed by atoms with Crippen LogP contribution in [0.1, 0.15) is 18.9 Å². The Balaban J connectivity index is 2.33. The molecule has 0 amide bonds. The van der Waals surface area contributed by atoms with Gasteiger partial charge in [-0.3, -0.25) is 0 Å². The summed E-state index contributed by atoms with van der Waals surface area (Å²) in [5.41, 5.74) is 7.00. The fourth-order valence-electron chi connectivity index (χ4n) is 2.19. The number of nitrogen functional groups attached to an aromatic ring is 1. The van der Waals surface area contributed by atoms with Gasteiger partial charge in [-0.2, -0.15) is 4.31 Å². The number of aliphatic hydroxyl groups is 1. The number of hydrogen-bond acceptors (Lipinski definition) is 4. The highest BCUT2D eigenvalue weighted by atomic mass is 32.2. The minimum atomic E-state index is -3.70. The maximum atomic E-state index is 12.9. The van der Waals surface area contributed by atoms with Gasteiger partial charge in [0.25, 0.3) is 0 Å². The molecular formula is C17H22N2O3S. The summed E-state index contributed by atoms with van der Waals surface area (Å²) in [5, 5.41) is 9.93. The molecule has 124 valence electrons. The van der Waals surface area contributed by atoms with Crippen LogP contribution in [0.25, 0.3) is 0 Å². The smallest absolute Gasteiger partial charge is 0.243 e. The van der Waals surface area contributed by atoms with Crippen molar-refractivity contribution in [1.29, 1.82) is 0 Å². The Morgan fingerprint density at radius 1 is 1.09 bits per heavy atom. The normalized spacial score (nSPS) is 13.2. The van der Waals surface area contributed by atoms with Crippen molar-refractivity contribution in [3.63, 3.8) is 0 Å². The second-order valence-corrected chi connectivity index (χ2v) is 7.35. The molecule has 3 N–H and O–H groups in total. The zero-order valence-corrected chi connectivity index (χ0v) is 13.9. The molecule has 0 spiro atoms. The largest absolute Gasteiger partial charge is 0.399 e. The first-order chi connectivity index (χ1) is 10.9. The molecule has 0 heterocycles. The van der Waals surface area contributed by atoms with Crippen molar-refractivity contribution < 1.29 is 13.5 Å². The van der Waals surface area contributed by atoms with E-state index in [2.05, 4.69) is 0 Å². The standard InChI is InChI=1S/C17H22N2O3S/c1-2-16(20)13-19(12-14-6-4-3-5-7-14)23(21,22)17-10-8-15(18)9-11-17/h3-11,16,20H,2,12-13,18H2,1H3/t16-/m0/s1. The van der Waals surface area contributed by atoms with E-state index in [0.29, 0.717) is 12.1 Å². The Morgan fingerprint density at radius 2 is 1.70 bits per heavy atom. The molecule has 23 heavy (non-hydrogen) atoms. The van der Waals surface area contributed by atoms with Crippen LogP contribution in [0.3, 0.4) is 0 Å². The number of sulfonamides is 1. The van der Waals surface area contributed by atoms with Gasteiger partial charge in [-0.25, -0.2) is 8.42 Å². The molecule has 0 aromatic heterocycles. The molecule has 2 aromatic carbocycles. The third-order valence-electron chi connectivity index (χ3n) is 3.61. The minimum Gasteiger partial charge on any atom is -0.399 e. The van der Waals surface area contributed by atoms with Gasteiger partial charge in [-0.15, -0.1) is 0 Å². The summed E-state index contributed by atoms with van der Waals surface area (Å²) in [5.74, 6) is 0. The van der Waals surface area contributed by atoms with Crippen LogP contribution in [-0.2, 0) is 16.6 Å². The minimum absolute atomic E-state index is 0.0537. The van der Waals surface area contributed by atoms with Crippen molar-refractivity contribution in [2.75, 3.05) is 12.3 Å². The number of rotatable bonds is 7. The van der Waals surface area contributed by atoms with Gasteiger partial charge in [0.05, 0.1) is 11.0 Å². The molecule has 0 aliphatic carbocycles. The Kier molecular flexibility index (Phi) is 5.76. The van der Waals surface area contributed by atoms with Crippen molar-refractivity contribution in [2.45, 2.75) is 30.9 Å². The quantitative estimate of drug-likeness (QED) is 0.761. The molecule has 0 aliphatic heterocycles. The summed E-state index contributed by atoms with van der Waals surface area (Å²) >= 11 is 0. The van der Waals surface area contributed by atoms with Crippen molar-refractivity contribution >= 4 is 15.7 Å². The van der Waals surface area contributed by atoms with Gasteiger partial charge in [-0.1, -0.05) is 37.3 Å². The first-order valence-electron chi connectivity index (χ1n) is 7.51. The maximum absolute atomic E-state index is 12.9. The number of benzene rings is 2. The summed E-state index contributed by atoms with van der Waals surface area (Å²) in [7, 11) is -3.70. The Labute approximate surface area is 137 Å². The van der Waals surface area contributed by atoms with E-state index >= 15 is 0 Å². The Hall–Kier alpha value is -1.89. The van der Waals surface area contributed by atoms with Crippen molar-refractivity contribution in [3.05, 3.63) is 60.2 Å². The summed E-state index contributed by atoms with van der Waals surface area (Å²) in [4.78, 5) is 0.172. The highest BCUT2D eigenvalue weighted by Gasteiger charge is 2.26. The van der Waals surface area contributed by atoms with E-state index in [9.17, 15) is 13.5 Å². The van der Waals surface area contributed by atoms with E-state index in [0.717, 1.165) is 5.56 Å². The molecule has 6 heteroatoms.